The summed E-state index contributed by atoms with van der Waals surface area (Å²) in [5.41, 5.74) is 0.760. The van der Waals surface area contributed by atoms with E-state index in [0.29, 0.717) is 24.6 Å². The zero-order chi connectivity index (χ0) is 18.1. The van der Waals surface area contributed by atoms with Gasteiger partial charge in [0.15, 0.2) is 5.13 Å². The summed E-state index contributed by atoms with van der Waals surface area (Å²) in [4.78, 5) is 18.7. The van der Waals surface area contributed by atoms with Crippen molar-refractivity contribution < 1.29 is 13.2 Å². The highest BCUT2D eigenvalue weighted by Gasteiger charge is 2.54. The van der Waals surface area contributed by atoms with Gasteiger partial charge in [0.1, 0.15) is 0 Å². The first-order valence-electron chi connectivity index (χ1n) is 9.56. The molecule has 6 rings (SSSR count). The second-order valence-corrected chi connectivity index (χ2v) is 12.0. The minimum absolute atomic E-state index is 0.155. The third-order valence-corrected chi connectivity index (χ3v) is 9.15. The van der Waals surface area contributed by atoms with E-state index in [1.165, 1.54) is 41.2 Å². The van der Waals surface area contributed by atoms with Gasteiger partial charge in [0.25, 0.3) is 0 Å². The lowest BCUT2D eigenvalue weighted by Gasteiger charge is -2.55. The maximum atomic E-state index is 13.2. The maximum Gasteiger partial charge on any atom is 0.232 e. The monoisotopic (exact) mass is 395 g/mol. The molecule has 142 valence electrons. The number of thiazole rings is 1. The summed E-state index contributed by atoms with van der Waals surface area (Å²) in [7, 11) is -3.19. The lowest BCUT2D eigenvalue weighted by Crippen LogP contribution is -2.51. The second kappa shape index (κ2) is 5.75. The first kappa shape index (κ1) is 17.1. The second-order valence-electron chi connectivity index (χ2n) is 8.89. The number of amides is 1. The van der Waals surface area contributed by atoms with E-state index >= 15 is 0 Å². The van der Waals surface area contributed by atoms with Gasteiger partial charge >= 0.3 is 0 Å². The molecule has 4 fully saturated rings. The van der Waals surface area contributed by atoms with Crippen LogP contribution in [0.15, 0.2) is 0 Å². The molecule has 5 aliphatic rings. The highest BCUT2D eigenvalue weighted by molar-refractivity contribution is 7.88. The maximum absolute atomic E-state index is 13.2. The predicted octanol–water partition coefficient (Wildman–Crippen LogP) is 2.62. The number of nitrogens with zero attached hydrogens (tertiary/aromatic N) is 2. The van der Waals surface area contributed by atoms with Gasteiger partial charge in [-0.2, -0.15) is 4.31 Å². The summed E-state index contributed by atoms with van der Waals surface area (Å²) >= 11 is 1.44. The molecule has 1 aliphatic heterocycles. The van der Waals surface area contributed by atoms with Crippen molar-refractivity contribution in [3.63, 3.8) is 0 Å². The Morgan fingerprint density at radius 1 is 1.19 bits per heavy atom. The van der Waals surface area contributed by atoms with Crippen LogP contribution in [0.5, 0.6) is 0 Å². The molecule has 0 unspecified atom stereocenters. The smallest absolute Gasteiger partial charge is 0.232 e. The number of nitrogens with one attached hydrogen (secondary N) is 1. The predicted molar refractivity (Wildman–Crippen MR) is 100 cm³/mol. The Hall–Kier alpha value is -0.990. The van der Waals surface area contributed by atoms with Gasteiger partial charge in [-0.25, -0.2) is 13.4 Å². The van der Waals surface area contributed by atoms with Crippen molar-refractivity contribution in [3.8, 4) is 0 Å². The summed E-state index contributed by atoms with van der Waals surface area (Å²) in [5.74, 6) is 2.36. The van der Waals surface area contributed by atoms with Crippen molar-refractivity contribution >= 4 is 32.4 Å². The average Bonchev–Trinajstić information content (AvgIpc) is 2.94. The molecule has 1 aromatic heterocycles. The minimum atomic E-state index is -3.19. The van der Waals surface area contributed by atoms with Crippen LogP contribution in [0.25, 0.3) is 0 Å². The Morgan fingerprint density at radius 3 is 2.38 bits per heavy atom. The van der Waals surface area contributed by atoms with Gasteiger partial charge in [-0.1, -0.05) is 0 Å². The summed E-state index contributed by atoms with van der Waals surface area (Å²) in [6.45, 7) is 0.844. The lowest BCUT2D eigenvalue weighted by atomic mass is 9.49. The van der Waals surface area contributed by atoms with E-state index in [4.69, 9.17) is 0 Å². The van der Waals surface area contributed by atoms with E-state index in [-0.39, 0.29) is 11.3 Å². The van der Waals surface area contributed by atoms with E-state index in [2.05, 4.69) is 10.3 Å². The molecule has 1 amide bonds. The summed E-state index contributed by atoms with van der Waals surface area (Å²) in [6.07, 6.45) is 8.94. The number of hydrogen-bond acceptors (Lipinski definition) is 5. The topological polar surface area (TPSA) is 79.4 Å². The van der Waals surface area contributed by atoms with Crippen molar-refractivity contribution in [2.75, 3.05) is 18.1 Å². The molecule has 0 saturated heterocycles. The van der Waals surface area contributed by atoms with Gasteiger partial charge in [-0.15, -0.1) is 11.3 Å². The molecule has 0 spiro atoms. The Bertz CT molecular complexity index is 826. The molecular formula is C18H25N3O3S2. The van der Waals surface area contributed by atoms with Crippen LogP contribution in [-0.2, 0) is 27.8 Å². The number of carbonyl (C=O) groups is 1. The molecule has 0 aromatic carbocycles. The van der Waals surface area contributed by atoms with Crippen molar-refractivity contribution in [1.29, 1.82) is 0 Å². The number of fused-ring (bicyclic) bond motifs is 1. The first-order chi connectivity index (χ1) is 12.3. The van der Waals surface area contributed by atoms with Gasteiger partial charge < -0.3 is 5.32 Å². The van der Waals surface area contributed by atoms with Crippen LogP contribution >= 0.6 is 11.3 Å². The third-order valence-electron chi connectivity index (χ3n) is 6.91. The summed E-state index contributed by atoms with van der Waals surface area (Å²) < 4.78 is 25.0. The fourth-order valence-corrected chi connectivity index (χ4v) is 8.01. The Kier molecular flexibility index (Phi) is 3.79. The molecular weight excluding hydrogens is 370 g/mol. The standard InChI is InChI=1S/C18H25N3O3S2/c1-26(23,24)21-3-2-14-15(10-21)25-17(19-14)20-16(22)18-7-11-4-12(8-18)6-13(5-11)9-18/h11-13H,2-10H2,1H3,(H,19,20,22). The molecule has 0 atom stereocenters. The third kappa shape index (κ3) is 2.81. The van der Waals surface area contributed by atoms with Crippen LogP contribution in [-0.4, -0.2) is 36.4 Å². The van der Waals surface area contributed by atoms with E-state index in [1.54, 1.807) is 0 Å². The first-order valence-corrected chi connectivity index (χ1v) is 12.2. The summed E-state index contributed by atoms with van der Waals surface area (Å²) in [5, 5.41) is 3.75. The molecule has 26 heavy (non-hydrogen) atoms. The molecule has 8 heteroatoms. The number of carbonyl (C=O) groups excluding carboxylic acids is 1. The van der Waals surface area contributed by atoms with Gasteiger partial charge in [0, 0.05) is 24.4 Å². The van der Waals surface area contributed by atoms with E-state index in [9.17, 15) is 13.2 Å². The van der Waals surface area contributed by atoms with E-state index < -0.39 is 10.0 Å². The van der Waals surface area contributed by atoms with Crippen molar-refractivity contribution in [3.05, 3.63) is 10.6 Å². The van der Waals surface area contributed by atoms with Crippen LogP contribution in [0.1, 0.15) is 49.1 Å². The van der Waals surface area contributed by atoms with Crippen molar-refractivity contribution in [2.24, 2.45) is 23.2 Å². The van der Waals surface area contributed by atoms with Crippen LogP contribution in [0.3, 0.4) is 0 Å². The van der Waals surface area contributed by atoms with E-state index in [0.717, 1.165) is 47.6 Å². The molecule has 1 aromatic rings. The number of hydrogen-bond donors (Lipinski definition) is 1. The van der Waals surface area contributed by atoms with Crippen LogP contribution in [0.4, 0.5) is 5.13 Å². The zero-order valence-electron chi connectivity index (χ0n) is 15.0. The van der Waals surface area contributed by atoms with Gasteiger partial charge in [0.2, 0.25) is 15.9 Å². The molecule has 0 radical (unpaired) electrons. The number of aromatic nitrogens is 1. The van der Waals surface area contributed by atoms with E-state index in [1.807, 2.05) is 0 Å². The SMILES string of the molecule is CS(=O)(=O)N1CCc2nc(NC(=O)C34CC5CC(CC(C5)C3)C4)sc2C1. The fraction of sp³-hybridized carbons (Fsp3) is 0.778. The molecule has 1 N–H and O–H groups in total. The van der Waals surface area contributed by atoms with Crippen LogP contribution in [0, 0.1) is 23.2 Å². The average molecular weight is 396 g/mol. The molecule has 4 aliphatic carbocycles. The van der Waals surface area contributed by atoms with Gasteiger partial charge in [-0.05, 0) is 56.3 Å². The van der Waals surface area contributed by atoms with Gasteiger partial charge in [0.05, 0.1) is 17.4 Å². The largest absolute Gasteiger partial charge is 0.301 e. The fourth-order valence-electron chi connectivity index (χ4n) is 6.13. The van der Waals surface area contributed by atoms with Crippen molar-refractivity contribution in [2.45, 2.75) is 51.5 Å². The van der Waals surface area contributed by atoms with Crippen molar-refractivity contribution in [1.82, 2.24) is 9.29 Å². The summed E-state index contributed by atoms with van der Waals surface area (Å²) in [6, 6.07) is 0. The highest BCUT2D eigenvalue weighted by Crippen LogP contribution is 2.60. The molecule has 4 bridgehead atoms. The molecule has 4 saturated carbocycles. The van der Waals surface area contributed by atoms with Gasteiger partial charge in [-0.3, -0.25) is 4.79 Å². The van der Waals surface area contributed by atoms with Crippen LogP contribution in [0.2, 0.25) is 0 Å². The number of rotatable bonds is 3. The normalized spacial score (nSPS) is 36.1. The zero-order valence-corrected chi connectivity index (χ0v) is 16.7. The Balaban J connectivity index is 1.33. The number of anilines is 1. The Morgan fingerprint density at radius 2 is 1.81 bits per heavy atom. The lowest BCUT2D eigenvalue weighted by molar-refractivity contribution is -0.140. The quantitative estimate of drug-likeness (QED) is 0.853. The Labute approximate surface area is 158 Å². The molecule has 2 heterocycles. The minimum Gasteiger partial charge on any atom is -0.301 e. The molecule has 6 nitrogen and oxygen atoms in total. The van der Waals surface area contributed by atoms with Crippen LogP contribution < -0.4 is 5.32 Å². The number of sulfonamides is 1. The highest BCUT2D eigenvalue weighted by atomic mass is 32.2.